The van der Waals surface area contributed by atoms with E-state index in [-0.39, 0.29) is 11.9 Å². The minimum atomic E-state index is -0.107. The van der Waals surface area contributed by atoms with Crippen LogP contribution < -0.4 is 11.1 Å². The number of thiocarbonyl (C=S) groups is 1. The van der Waals surface area contributed by atoms with Crippen LogP contribution in [0.1, 0.15) is 55.1 Å². The summed E-state index contributed by atoms with van der Waals surface area (Å²) in [5, 5.41) is 3.12. The van der Waals surface area contributed by atoms with Crippen LogP contribution in [0.5, 0.6) is 0 Å². The second-order valence-corrected chi connectivity index (χ2v) is 5.77. The maximum atomic E-state index is 12.2. The van der Waals surface area contributed by atoms with Crippen molar-refractivity contribution in [2.75, 3.05) is 0 Å². The standard InChI is InChI=1S/C15H21N3OS/c1-2-10-5-3-4-6-12(10)18-15(19)13-8-7-11(9-17-13)14(16)20/h7-10,12H,2-6H2,1H3,(H2,16,20)(H,18,19). The molecule has 20 heavy (non-hydrogen) atoms. The Morgan fingerprint density at radius 3 is 2.80 bits per heavy atom. The molecule has 1 heterocycles. The van der Waals surface area contributed by atoms with Crippen molar-refractivity contribution < 1.29 is 4.79 Å². The number of rotatable bonds is 4. The fourth-order valence-electron chi connectivity index (χ4n) is 2.80. The molecule has 2 atom stereocenters. The molecule has 1 aromatic heterocycles. The van der Waals surface area contributed by atoms with Crippen LogP contribution in [-0.2, 0) is 0 Å². The molecule has 1 fully saturated rings. The zero-order valence-corrected chi connectivity index (χ0v) is 12.6. The molecule has 1 amide bonds. The van der Waals surface area contributed by atoms with Crippen LogP contribution in [0.4, 0.5) is 0 Å². The summed E-state index contributed by atoms with van der Waals surface area (Å²) in [5.41, 5.74) is 6.62. The highest BCUT2D eigenvalue weighted by atomic mass is 32.1. The molecule has 1 saturated carbocycles. The Balaban J connectivity index is 2.01. The lowest BCUT2D eigenvalue weighted by molar-refractivity contribution is 0.0899. The normalized spacial score (nSPS) is 22.2. The third kappa shape index (κ3) is 3.54. The molecule has 1 aromatic rings. The first kappa shape index (κ1) is 14.9. The number of amides is 1. The summed E-state index contributed by atoms with van der Waals surface area (Å²) in [6, 6.07) is 3.69. The first-order chi connectivity index (χ1) is 9.61. The van der Waals surface area contributed by atoms with Gasteiger partial charge in [0.1, 0.15) is 10.7 Å². The van der Waals surface area contributed by atoms with Gasteiger partial charge in [0.05, 0.1) is 0 Å². The van der Waals surface area contributed by atoms with Gasteiger partial charge in [0.2, 0.25) is 0 Å². The molecule has 0 spiro atoms. The summed E-state index contributed by atoms with van der Waals surface area (Å²) in [4.78, 5) is 16.6. The zero-order chi connectivity index (χ0) is 14.5. The Morgan fingerprint density at radius 1 is 1.45 bits per heavy atom. The second kappa shape index (κ2) is 6.79. The van der Waals surface area contributed by atoms with Gasteiger partial charge in [0.15, 0.2) is 0 Å². The molecule has 2 unspecified atom stereocenters. The number of nitrogens with two attached hydrogens (primary N) is 1. The van der Waals surface area contributed by atoms with Crippen LogP contribution in [0.2, 0.25) is 0 Å². The van der Waals surface area contributed by atoms with E-state index in [0.29, 0.717) is 22.2 Å². The topological polar surface area (TPSA) is 68.0 Å². The van der Waals surface area contributed by atoms with Crippen LogP contribution in [0, 0.1) is 5.92 Å². The molecule has 0 radical (unpaired) electrons. The molecule has 2 rings (SSSR count). The summed E-state index contributed by atoms with van der Waals surface area (Å²) < 4.78 is 0. The zero-order valence-electron chi connectivity index (χ0n) is 11.8. The van der Waals surface area contributed by atoms with E-state index in [2.05, 4.69) is 17.2 Å². The maximum absolute atomic E-state index is 12.2. The number of nitrogens with zero attached hydrogens (tertiary/aromatic N) is 1. The molecule has 0 aromatic carbocycles. The van der Waals surface area contributed by atoms with Crippen molar-refractivity contribution in [3.63, 3.8) is 0 Å². The van der Waals surface area contributed by atoms with E-state index < -0.39 is 0 Å². The number of aromatic nitrogens is 1. The fraction of sp³-hybridized carbons (Fsp3) is 0.533. The number of hydrogen-bond acceptors (Lipinski definition) is 3. The molecule has 108 valence electrons. The molecular weight excluding hydrogens is 270 g/mol. The lowest BCUT2D eigenvalue weighted by atomic mass is 9.83. The Kier molecular flexibility index (Phi) is 5.06. The molecule has 3 N–H and O–H groups in total. The van der Waals surface area contributed by atoms with Gasteiger partial charge in [-0.1, -0.05) is 38.4 Å². The minimum Gasteiger partial charge on any atom is -0.389 e. The van der Waals surface area contributed by atoms with Crippen molar-refractivity contribution in [3.8, 4) is 0 Å². The van der Waals surface area contributed by atoms with Crippen LogP contribution in [0.3, 0.4) is 0 Å². The van der Waals surface area contributed by atoms with Crippen LogP contribution in [0.15, 0.2) is 18.3 Å². The van der Waals surface area contributed by atoms with Crippen molar-refractivity contribution in [3.05, 3.63) is 29.6 Å². The monoisotopic (exact) mass is 291 g/mol. The van der Waals surface area contributed by atoms with Gasteiger partial charge in [-0.2, -0.15) is 0 Å². The van der Waals surface area contributed by atoms with Crippen LogP contribution in [-0.4, -0.2) is 21.9 Å². The van der Waals surface area contributed by atoms with Crippen molar-refractivity contribution in [2.24, 2.45) is 11.7 Å². The number of nitrogens with one attached hydrogen (secondary N) is 1. The smallest absolute Gasteiger partial charge is 0.270 e. The average Bonchev–Trinajstić information content (AvgIpc) is 2.48. The Hall–Kier alpha value is -1.49. The summed E-state index contributed by atoms with van der Waals surface area (Å²) in [7, 11) is 0. The van der Waals surface area contributed by atoms with Gasteiger partial charge < -0.3 is 11.1 Å². The first-order valence-corrected chi connectivity index (χ1v) is 7.59. The van der Waals surface area contributed by atoms with Gasteiger partial charge in [-0.3, -0.25) is 9.78 Å². The molecule has 0 saturated heterocycles. The van der Waals surface area contributed by atoms with E-state index in [9.17, 15) is 4.79 Å². The number of pyridine rings is 1. The molecule has 1 aliphatic rings. The molecule has 5 heteroatoms. The van der Waals surface area contributed by atoms with Crippen molar-refractivity contribution in [1.82, 2.24) is 10.3 Å². The third-order valence-corrected chi connectivity index (χ3v) is 4.27. The van der Waals surface area contributed by atoms with Gasteiger partial charge in [-0.25, -0.2) is 0 Å². The lowest BCUT2D eigenvalue weighted by Crippen LogP contribution is -2.42. The van der Waals surface area contributed by atoms with Crippen LogP contribution in [0.25, 0.3) is 0 Å². The largest absolute Gasteiger partial charge is 0.389 e. The quantitative estimate of drug-likeness (QED) is 0.836. The summed E-state index contributed by atoms with van der Waals surface area (Å²) in [5.74, 6) is 0.480. The second-order valence-electron chi connectivity index (χ2n) is 5.33. The number of carbonyl (C=O) groups excluding carboxylic acids is 1. The maximum Gasteiger partial charge on any atom is 0.270 e. The summed E-state index contributed by atoms with van der Waals surface area (Å²) in [6.07, 6.45) is 7.39. The number of hydrogen-bond donors (Lipinski definition) is 2. The molecule has 4 nitrogen and oxygen atoms in total. The number of carbonyl (C=O) groups is 1. The summed E-state index contributed by atoms with van der Waals surface area (Å²) in [6.45, 7) is 2.18. The van der Waals surface area contributed by atoms with Gasteiger partial charge >= 0.3 is 0 Å². The highest BCUT2D eigenvalue weighted by Gasteiger charge is 2.25. The molecule has 0 bridgehead atoms. The van der Waals surface area contributed by atoms with Crippen molar-refractivity contribution in [1.29, 1.82) is 0 Å². The Morgan fingerprint density at radius 2 is 2.20 bits per heavy atom. The highest BCUT2D eigenvalue weighted by molar-refractivity contribution is 7.80. The van der Waals surface area contributed by atoms with Gasteiger partial charge in [-0.05, 0) is 30.9 Å². The fourth-order valence-corrected chi connectivity index (χ4v) is 2.92. The minimum absolute atomic E-state index is 0.107. The van der Waals surface area contributed by atoms with Crippen LogP contribution >= 0.6 is 12.2 Å². The van der Waals surface area contributed by atoms with E-state index in [1.807, 2.05) is 0 Å². The first-order valence-electron chi connectivity index (χ1n) is 7.18. The van der Waals surface area contributed by atoms with E-state index in [4.69, 9.17) is 18.0 Å². The van der Waals surface area contributed by atoms with Gasteiger partial charge in [0, 0.05) is 17.8 Å². The lowest BCUT2D eigenvalue weighted by Gasteiger charge is -2.31. The van der Waals surface area contributed by atoms with Gasteiger partial charge in [0.25, 0.3) is 5.91 Å². The average molecular weight is 291 g/mol. The molecule has 0 aliphatic heterocycles. The predicted molar refractivity (Wildman–Crippen MR) is 83.6 cm³/mol. The van der Waals surface area contributed by atoms with E-state index >= 15 is 0 Å². The third-order valence-electron chi connectivity index (χ3n) is 4.03. The van der Waals surface area contributed by atoms with Gasteiger partial charge in [-0.15, -0.1) is 0 Å². The molecule has 1 aliphatic carbocycles. The summed E-state index contributed by atoms with van der Waals surface area (Å²) >= 11 is 4.87. The van der Waals surface area contributed by atoms with E-state index in [1.165, 1.54) is 19.3 Å². The van der Waals surface area contributed by atoms with E-state index in [0.717, 1.165) is 12.8 Å². The predicted octanol–water partition coefficient (Wildman–Crippen LogP) is 2.41. The Bertz CT molecular complexity index is 486. The Labute approximate surface area is 125 Å². The SMILES string of the molecule is CCC1CCCCC1NC(=O)c1ccc(C(N)=S)cn1. The van der Waals surface area contributed by atoms with Crippen molar-refractivity contribution >= 4 is 23.1 Å². The van der Waals surface area contributed by atoms with E-state index in [1.54, 1.807) is 18.3 Å². The van der Waals surface area contributed by atoms with Crippen molar-refractivity contribution in [2.45, 2.75) is 45.1 Å². The highest BCUT2D eigenvalue weighted by Crippen LogP contribution is 2.26. The molecular formula is C15H21N3OS.